The van der Waals surface area contributed by atoms with Crippen LogP contribution in [0.3, 0.4) is 0 Å². The van der Waals surface area contributed by atoms with Gasteiger partial charge in [0.05, 0.1) is 22.9 Å². The number of fused-ring (bicyclic) bond motifs is 2. The molecule has 0 spiro atoms. The van der Waals surface area contributed by atoms with Gasteiger partial charge >= 0.3 is 5.91 Å². The Labute approximate surface area is 222 Å². The number of Topliss-reactive ketones (excluding diaryl/α,β-unsaturated/α-hetero) is 1. The molecule has 2 aliphatic rings. The van der Waals surface area contributed by atoms with Crippen molar-refractivity contribution in [3.8, 4) is 17.2 Å². The van der Waals surface area contributed by atoms with E-state index in [0.717, 1.165) is 21.3 Å². The molecule has 38 heavy (non-hydrogen) atoms. The van der Waals surface area contributed by atoms with Crippen molar-refractivity contribution < 1.29 is 28.9 Å². The normalized spacial score (nSPS) is 18.3. The van der Waals surface area contributed by atoms with E-state index in [0.29, 0.717) is 46.7 Å². The Hall–Kier alpha value is -4.37. The number of ether oxygens (including phenoxy) is 3. The first kappa shape index (κ1) is 24.0. The van der Waals surface area contributed by atoms with Gasteiger partial charge in [-0.1, -0.05) is 35.6 Å². The Morgan fingerprint density at radius 2 is 1.82 bits per heavy atom. The highest BCUT2D eigenvalue weighted by Gasteiger charge is 2.49. The summed E-state index contributed by atoms with van der Waals surface area (Å²) in [5.41, 5.74) is 3.66. The molecule has 0 aliphatic carbocycles. The predicted molar refractivity (Wildman–Crippen MR) is 144 cm³/mol. The molecule has 3 aromatic carbocycles. The fourth-order valence-corrected chi connectivity index (χ4v) is 6.19. The van der Waals surface area contributed by atoms with Gasteiger partial charge in [0.25, 0.3) is 5.78 Å². The van der Waals surface area contributed by atoms with Gasteiger partial charge in [-0.05, 0) is 55.3 Å². The first-order chi connectivity index (χ1) is 18.4. The minimum Gasteiger partial charge on any atom is -0.507 e. The highest BCUT2D eigenvalue weighted by molar-refractivity contribution is 7.22. The van der Waals surface area contributed by atoms with E-state index in [1.807, 2.05) is 26.0 Å². The summed E-state index contributed by atoms with van der Waals surface area (Å²) in [6.45, 7) is 4.77. The second kappa shape index (κ2) is 9.18. The minimum absolute atomic E-state index is 0.0525. The second-order valence-electron chi connectivity index (χ2n) is 9.19. The summed E-state index contributed by atoms with van der Waals surface area (Å²) in [6.07, 6.45) is 0. The number of carbonyl (C=O) groups excluding carboxylic acids is 2. The monoisotopic (exact) mass is 528 g/mol. The highest BCUT2D eigenvalue weighted by Crippen LogP contribution is 2.47. The van der Waals surface area contributed by atoms with Crippen LogP contribution < -0.4 is 19.1 Å². The van der Waals surface area contributed by atoms with E-state index in [9.17, 15) is 14.7 Å². The molecule has 0 saturated carbocycles. The third-order valence-electron chi connectivity index (χ3n) is 6.72. The number of benzene rings is 3. The first-order valence-corrected chi connectivity index (χ1v) is 12.9. The van der Waals surface area contributed by atoms with Crippen LogP contribution >= 0.6 is 11.3 Å². The number of hydrogen-bond donors (Lipinski definition) is 1. The van der Waals surface area contributed by atoms with E-state index < -0.39 is 17.7 Å². The number of thiazole rings is 1. The molecule has 1 N–H and O–H groups in total. The van der Waals surface area contributed by atoms with Crippen molar-refractivity contribution >= 4 is 44.1 Å². The summed E-state index contributed by atoms with van der Waals surface area (Å²) < 4.78 is 17.8. The van der Waals surface area contributed by atoms with Crippen molar-refractivity contribution in [3.05, 3.63) is 82.4 Å². The average Bonchev–Trinajstić information content (AvgIpc) is 3.46. The Morgan fingerprint density at radius 3 is 2.61 bits per heavy atom. The number of ketones is 1. The molecule has 1 unspecified atom stereocenters. The molecule has 1 aromatic heterocycles. The Balaban J connectivity index is 1.57. The average molecular weight is 529 g/mol. The van der Waals surface area contributed by atoms with Crippen LogP contribution in [0, 0.1) is 13.8 Å². The third kappa shape index (κ3) is 3.78. The summed E-state index contributed by atoms with van der Waals surface area (Å²) in [4.78, 5) is 33.3. The summed E-state index contributed by atoms with van der Waals surface area (Å²) in [5, 5.41) is 11.9. The lowest BCUT2D eigenvalue weighted by Crippen LogP contribution is -2.29. The van der Waals surface area contributed by atoms with Crippen LogP contribution in [0.15, 0.2) is 60.2 Å². The number of rotatable bonds is 4. The number of anilines is 1. The number of hydrogen-bond acceptors (Lipinski definition) is 8. The zero-order chi connectivity index (χ0) is 26.6. The van der Waals surface area contributed by atoms with Crippen molar-refractivity contribution in [1.82, 2.24) is 4.98 Å². The quantitative estimate of drug-likeness (QED) is 0.218. The number of aromatic nitrogens is 1. The minimum atomic E-state index is -0.957. The maximum absolute atomic E-state index is 13.6. The number of amides is 1. The zero-order valence-corrected chi connectivity index (χ0v) is 21.8. The van der Waals surface area contributed by atoms with Crippen LogP contribution in [-0.4, -0.2) is 42.1 Å². The van der Waals surface area contributed by atoms with Crippen molar-refractivity contribution in [2.75, 3.05) is 25.2 Å². The lowest BCUT2D eigenvalue weighted by Gasteiger charge is -2.24. The van der Waals surface area contributed by atoms with Crippen LogP contribution in [0.2, 0.25) is 0 Å². The van der Waals surface area contributed by atoms with Gasteiger partial charge in [-0.3, -0.25) is 14.5 Å². The van der Waals surface area contributed by atoms with Gasteiger partial charge in [0.1, 0.15) is 30.8 Å². The highest BCUT2D eigenvalue weighted by atomic mass is 32.1. The van der Waals surface area contributed by atoms with E-state index in [1.165, 1.54) is 23.3 Å². The molecule has 1 amide bonds. The SMILES string of the molecule is COc1ccccc1C1/C(=C(\O)c2ccc3c(c2)OCCO3)C(=O)C(=O)N1c1nc2c(C)cc(C)cc2s1. The van der Waals surface area contributed by atoms with Crippen LogP contribution in [0.25, 0.3) is 16.0 Å². The Kier molecular flexibility index (Phi) is 5.80. The van der Waals surface area contributed by atoms with Crippen LogP contribution in [-0.2, 0) is 9.59 Å². The van der Waals surface area contributed by atoms with E-state index in [4.69, 9.17) is 19.2 Å². The molecular formula is C29H24N2O6S. The summed E-state index contributed by atoms with van der Waals surface area (Å²) in [5.74, 6) is -0.401. The second-order valence-corrected chi connectivity index (χ2v) is 10.2. The van der Waals surface area contributed by atoms with Crippen LogP contribution in [0.1, 0.15) is 28.3 Å². The third-order valence-corrected chi connectivity index (χ3v) is 7.72. The van der Waals surface area contributed by atoms with E-state index in [-0.39, 0.29) is 11.3 Å². The molecule has 192 valence electrons. The molecule has 9 heteroatoms. The molecule has 0 bridgehead atoms. The lowest BCUT2D eigenvalue weighted by atomic mass is 9.94. The summed E-state index contributed by atoms with van der Waals surface area (Å²) >= 11 is 1.33. The molecule has 8 nitrogen and oxygen atoms in total. The molecular weight excluding hydrogens is 504 g/mol. The molecule has 1 fully saturated rings. The van der Waals surface area contributed by atoms with Gasteiger partial charge in [-0.25, -0.2) is 4.98 Å². The summed E-state index contributed by atoms with van der Waals surface area (Å²) in [6, 6.07) is 15.1. The zero-order valence-electron chi connectivity index (χ0n) is 21.0. The maximum Gasteiger partial charge on any atom is 0.301 e. The number of methoxy groups -OCH3 is 1. The number of aliphatic hydroxyl groups excluding tert-OH is 1. The van der Waals surface area contributed by atoms with Gasteiger partial charge in [-0.2, -0.15) is 0 Å². The van der Waals surface area contributed by atoms with Crippen LogP contribution in [0.5, 0.6) is 17.2 Å². The Bertz CT molecular complexity index is 1660. The summed E-state index contributed by atoms with van der Waals surface area (Å²) in [7, 11) is 1.52. The van der Waals surface area contributed by atoms with Gasteiger partial charge in [0.2, 0.25) is 0 Å². The molecule has 1 atom stereocenters. The van der Waals surface area contributed by atoms with Gasteiger partial charge < -0.3 is 19.3 Å². The van der Waals surface area contributed by atoms with E-state index >= 15 is 0 Å². The van der Waals surface area contributed by atoms with E-state index in [2.05, 4.69) is 0 Å². The molecule has 1 saturated heterocycles. The number of nitrogens with zero attached hydrogens (tertiary/aromatic N) is 2. The topological polar surface area (TPSA) is 98.2 Å². The number of para-hydroxylation sites is 1. The number of aryl methyl sites for hydroxylation is 2. The molecule has 6 rings (SSSR count). The van der Waals surface area contributed by atoms with Crippen molar-refractivity contribution in [3.63, 3.8) is 0 Å². The maximum atomic E-state index is 13.6. The van der Waals surface area contributed by atoms with Crippen molar-refractivity contribution in [1.29, 1.82) is 0 Å². The van der Waals surface area contributed by atoms with Gasteiger partial charge in [0.15, 0.2) is 16.6 Å². The van der Waals surface area contributed by atoms with Gasteiger partial charge in [-0.15, -0.1) is 0 Å². The van der Waals surface area contributed by atoms with Crippen LogP contribution in [0.4, 0.5) is 5.13 Å². The Morgan fingerprint density at radius 1 is 1.05 bits per heavy atom. The molecule has 3 heterocycles. The van der Waals surface area contributed by atoms with Gasteiger partial charge in [0, 0.05) is 11.1 Å². The molecule has 4 aromatic rings. The molecule has 2 aliphatic heterocycles. The fourth-order valence-electron chi connectivity index (χ4n) is 5.02. The number of aliphatic hydroxyl groups is 1. The van der Waals surface area contributed by atoms with E-state index in [1.54, 1.807) is 42.5 Å². The number of carbonyl (C=O) groups is 2. The first-order valence-electron chi connectivity index (χ1n) is 12.1. The molecule has 0 radical (unpaired) electrons. The van der Waals surface area contributed by atoms with Crippen molar-refractivity contribution in [2.45, 2.75) is 19.9 Å². The van der Waals surface area contributed by atoms with Crippen molar-refractivity contribution in [2.24, 2.45) is 0 Å². The fraction of sp³-hybridized carbons (Fsp3) is 0.207. The predicted octanol–water partition coefficient (Wildman–Crippen LogP) is 5.32. The smallest absolute Gasteiger partial charge is 0.301 e. The largest absolute Gasteiger partial charge is 0.507 e. The lowest BCUT2D eigenvalue weighted by molar-refractivity contribution is -0.132. The standard InChI is InChI=1S/C29H24N2O6S/c1-15-12-16(2)24-22(13-15)38-29(30-24)31-25(18-6-4-5-7-19(18)35-3)23(27(33)28(31)34)26(32)17-8-9-20-21(14-17)37-11-10-36-20/h4-9,12-14,25,32H,10-11H2,1-3H3/b26-23+.